The lowest BCUT2D eigenvalue weighted by atomic mass is 9.35. The number of cyclic esters (lactones) is 1. The minimum atomic E-state index is -1.70. The highest BCUT2D eigenvalue weighted by Crippen LogP contribution is 2.73. The Hall–Kier alpha value is -1.66. The molecule has 0 bridgehead atoms. The van der Waals surface area contributed by atoms with E-state index in [1.807, 2.05) is 19.9 Å². The van der Waals surface area contributed by atoms with Gasteiger partial charge in [-0.15, -0.1) is 0 Å². The van der Waals surface area contributed by atoms with E-state index in [9.17, 15) is 19.8 Å². The molecule has 0 unspecified atom stereocenters. The maximum atomic E-state index is 13.4. The number of carbonyl (C=O) groups is 2. The SMILES string of the molecule is CC[C@H](O)CC(=O)O[C@@H]1C[C@@H]2[C@@](C)(CC[C@H]3[C@@](C)(CC)CCC[C@]23C)[C@H]2C=CC3=C(C(=O)O[C@@]3(C)O)[C@]21C. The molecule has 6 nitrogen and oxygen atoms in total. The summed E-state index contributed by atoms with van der Waals surface area (Å²) < 4.78 is 11.8. The van der Waals surface area contributed by atoms with E-state index in [2.05, 4.69) is 33.8 Å². The van der Waals surface area contributed by atoms with Crippen LogP contribution in [0.2, 0.25) is 0 Å². The van der Waals surface area contributed by atoms with E-state index >= 15 is 0 Å². The molecular weight excluding hydrogens is 480 g/mol. The monoisotopic (exact) mass is 528 g/mol. The van der Waals surface area contributed by atoms with Crippen molar-refractivity contribution in [1.29, 1.82) is 0 Å². The summed E-state index contributed by atoms with van der Waals surface area (Å²) in [6.45, 7) is 15.1. The number of allylic oxidation sites excluding steroid dienone is 1. The van der Waals surface area contributed by atoms with Crippen LogP contribution in [0.1, 0.15) is 106 Å². The quantitative estimate of drug-likeness (QED) is 0.435. The highest BCUT2D eigenvalue weighted by Gasteiger charge is 2.70. The lowest BCUT2D eigenvalue weighted by Crippen LogP contribution is -2.65. The maximum absolute atomic E-state index is 13.4. The number of aliphatic hydroxyl groups excluding tert-OH is 1. The van der Waals surface area contributed by atoms with E-state index in [-0.39, 0.29) is 23.2 Å². The predicted octanol–water partition coefficient (Wildman–Crippen LogP) is 5.86. The maximum Gasteiger partial charge on any atom is 0.338 e. The van der Waals surface area contributed by atoms with Crippen LogP contribution in [0.25, 0.3) is 0 Å². The fourth-order valence-corrected chi connectivity index (χ4v) is 10.2. The molecule has 0 spiro atoms. The number of aliphatic hydroxyl groups is 2. The second-order valence-electron chi connectivity index (χ2n) is 14.3. The number of hydrogen-bond acceptors (Lipinski definition) is 6. The average Bonchev–Trinajstić information content (AvgIpc) is 3.08. The summed E-state index contributed by atoms with van der Waals surface area (Å²) in [5, 5.41) is 21.2. The number of carbonyl (C=O) groups excluding carboxylic acids is 2. The Labute approximate surface area is 228 Å². The van der Waals surface area contributed by atoms with E-state index in [1.165, 1.54) is 32.6 Å². The molecule has 5 rings (SSSR count). The fraction of sp³-hybridized carbons (Fsp3) is 0.812. The lowest BCUT2D eigenvalue weighted by molar-refractivity contribution is -0.218. The van der Waals surface area contributed by atoms with E-state index in [4.69, 9.17) is 9.47 Å². The molecule has 6 heteroatoms. The molecule has 38 heavy (non-hydrogen) atoms. The first kappa shape index (κ1) is 27.9. The molecule has 0 aromatic heterocycles. The fourth-order valence-electron chi connectivity index (χ4n) is 10.2. The van der Waals surface area contributed by atoms with Crippen LogP contribution in [0.5, 0.6) is 0 Å². The number of esters is 2. The molecule has 1 aliphatic heterocycles. The first-order valence-electron chi connectivity index (χ1n) is 14.9. The number of ether oxygens (including phenoxy) is 2. The molecule has 10 atom stereocenters. The zero-order valence-corrected chi connectivity index (χ0v) is 24.4. The third-order valence-corrected chi connectivity index (χ3v) is 12.4. The number of rotatable bonds is 5. The van der Waals surface area contributed by atoms with Crippen LogP contribution >= 0.6 is 0 Å². The molecule has 3 fully saturated rings. The van der Waals surface area contributed by atoms with Crippen molar-refractivity contribution >= 4 is 11.9 Å². The molecule has 4 aliphatic carbocycles. The van der Waals surface area contributed by atoms with Gasteiger partial charge in [0.1, 0.15) is 6.10 Å². The van der Waals surface area contributed by atoms with Crippen molar-refractivity contribution in [3.05, 3.63) is 23.3 Å². The molecular formula is C32H48O6. The van der Waals surface area contributed by atoms with Crippen LogP contribution in [-0.2, 0) is 19.1 Å². The van der Waals surface area contributed by atoms with Crippen LogP contribution in [0.3, 0.4) is 0 Å². The lowest BCUT2D eigenvalue weighted by Gasteiger charge is -2.69. The van der Waals surface area contributed by atoms with Crippen molar-refractivity contribution in [3.63, 3.8) is 0 Å². The van der Waals surface area contributed by atoms with E-state index < -0.39 is 35.3 Å². The normalized spacial score (nSPS) is 48.4. The van der Waals surface area contributed by atoms with Gasteiger partial charge in [-0.1, -0.05) is 66.5 Å². The smallest absolute Gasteiger partial charge is 0.338 e. The minimum Gasteiger partial charge on any atom is -0.461 e. The Bertz CT molecular complexity index is 1070. The Morgan fingerprint density at radius 1 is 1.11 bits per heavy atom. The summed E-state index contributed by atoms with van der Waals surface area (Å²) >= 11 is 0. The Balaban J connectivity index is 1.62. The predicted molar refractivity (Wildman–Crippen MR) is 145 cm³/mol. The summed E-state index contributed by atoms with van der Waals surface area (Å²) in [6, 6.07) is 0. The summed E-state index contributed by atoms with van der Waals surface area (Å²) in [6.07, 6.45) is 10.9. The zero-order chi connectivity index (χ0) is 27.9. The van der Waals surface area contributed by atoms with Crippen LogP contribution in [0, 0.1) is 39.4 Å². The van der Waals surface area contributed by atoms with Gasteiger partial charge >= 0.3 is 11.9 Å². The van der Waals surface area contributed by atoms with Crippen LogP contribution < -0.4 is 0 Å². The van der Waals surface area contributed by atoms with Crippen LogP contribution in [0.4, 0.5) is 0 Å². The van der Waals surface area contributed by atoms with Crippen LogP contribution in [0.15, 0.2) is 23.3 Å². The van der Waals surface area contributed by atoms with Crippen LogP contribution in [-0.4, -0.2) is 40.1 Å². The summed E-state index contributed by atoms with van der Waals surface area (Å²) in [5.74, 6) is -1.77. The van der Waals surface area contributed by atoms with Crippen molar-refractivity contribution in [2.45, 2.75) is 124 Å². The van der Waals surface area contributed by atoms with E-state index in [0.29, 0.717) is 41.2 Å². The molecule has 212 valence electrons. The van der Waals surface area contributed by atoms with Crippen molar-refractivity contribution < 1.29 is 29.3 Å². The highest BCUT2D eigenvalue weighted by atomic mass is 16.7. The second-order valence-corrected chi connectivity index (χ2v) is 14.3. The van der Waals surface area contributed by atoms with Gasteiger partial charge in [0.2, 0.25) is 5.79 Å². The molecule has 2 N–H and O–H groups in total. The van der Waals surface area contributed by atoms with Crippen molar-refractivity contribution in [3.8, 4) is 0 Å². The third-order valence-electron chi connectivity index (χ3n) is 12.4. The number of hydrogen-bond donors (Lipinski definition) is 2. The van der Waals surface area contributed by atoms with Gasteiger partial charge in [-0.2, -0.15) is 0 Å². The molecule has 0 aromatic carbocycles. The standard InChI is InChI=1S/C32H48O6/c1-8-19(33)17-25(34)37-24-18-23-29(4)15-10-14-28(3,9-2)21(29)13-16-30(23,5)22-12-11-20-26(31(22,24)6)27(35)38-32(20,7)36/h11-12,19,21-24,33,36H,8-10,13-18H2,1-7H3/t19-,21-,22+,23-,24+,28-,29-,30-,31+,32+/m0/s1. The van der Waals surface area contributed by atoms with Gasteiger partial charge in [-0.25, -0.2) is 4.79 Å². The Morgan fingerprint density at radius 2 is 1.82 bits per heavy atom. The highest BCUT2D eigenvalue weighted by molar-refractivity contribution is 5.96. The van der Waals surface area contributed by atoms with Gasteiger partial charge in [-0.05, 0) is 72.5 Å². The summed E-state index contributed by atoms with van der Waals surface area (Å²) in [7, 11) is 0. The van der Waals surface area contributed by atoms with E-state index in [1.54, 1.807) is 0 Å². The summed E-state index contributed by atoms with van der Waals surface area (Å²) in [5.41, 5.74) is 0.424. The molecule has 0 saturated heterocycles. The average molecular weight is 529 g/mol. The number of fused-ring (bicyclic) bond motifs is 6. The molecule has 0 aromatic rings. The Morgan fingerprint density at radius 3 is 2.47 bits per heavy atom. The second kappa shape index (κ2) is 8.92. The van der Waals surface area contributed by atoms with Gasteiger partial charge in [0.25, 0.3) is 0 Å². The molecule has 0 amide bonds. The molecule has 1 heterocycles. The van der Waals surface area contributed by atoms with Gasteiger partial charge < -0.3 is 19.7 Å². The Kier molecular flexibility index (Phi) is 6.55. The largest absolute Gasteiger partial charge is 0.461 e. The van der Waals surface area contributed by atoms with Gasteiger partial charge in [0.05, 0.1) is 18.1 Å². The molecule has 5 aliphatic rings. The van der Waals surface area contributed by atoms with Gasteiger partial charge in [0, 0.05) is 17.9 Å². The zero-order valence-electron chi connectivity index (χ0n) is 24.4. The summed E-state index contributed by atoms with van der Waals surface area (Å²) in [4.78, 5) is 26.5. The first-order chi connectivity index (χ1) is 17.7. The minimum absolute atomic E-state index is 0.0459. The molecule has 0 radical (unpaired) electrons. The third kappa shape index (κ3) is 3.72. The first-order valence-corrected chi connectivity index (χ1v) is 14.9. The van der Waals surface area contributed by atoms with Crippen molar-refractivity contribution in [2.24, 2.45) is 39.4 Å². The van der Waals surface area contributed by atoms with Crippen molar-refractivity contribution in [1.82, 2.24) is 0 Å². The molecule has 3 saturated carbocycles. The van der Waals surface area contributed by atoms with Gasteiger partial charge in [-0.3, -0.25) is 4.79 Å². The van der Waals surface area contributed by atoms with E-state index in [0.717, 1.165) is 12.8 Å². The topological polar surface area (TPSA) is 93.1 Å². The van der Waals surface area contributed by atoms with Gasteiger partial charge in [0.15, 0.2) is 0 Å². The van der Waals surface area contributed by atoms with Crippen molar-refractivity contribution in [2.75, 3.05) is 0 Å².